The summed E-state index contributed by atoms with van der Waals surface area (Å²) in [6, 6.07) is 0. The molecule has 0 saturated carbocycles. The first-order valence-electron chi connectivity index (χ1n) is 10.4. The normalized spacial score (nSPS) is 25.9. The quantitative estimate of drug-likeness (QED) is 0.615. The molecule has 0 aromatic carbocycles. The van der Waals surface area contributed by atoms with Gasteiger partial charge in [0.15, 0.2) is 0 Å². The van der Waals surface area contributed by atoms with Gasteiger partial charge in [0.25, 0.3) is 0 Å². The molecule has 2 heterocycles. The Kier molecular flexibility index (Phi) is 8.84. The second kappa shape index (κ2) is 10.6. The maximum Gasteiger partial charge on any atom is 0.224 e. The second-order valence-corrected chi connectivity index (χ2v) is 10.1. The third kappa shape index (κ3) is 6.82. The first-order chi connectivity index (χ1) is 12.4. The van der Waals surface area contributed by atoms with Crippen LogP contribution < -0.4 is 5.32 Å². The van der Waals surface area contributed by atoms with Crippen LogP contribution in [0.15, 0.2) is 0 Å². The molecule has 0 bridgehead atoms. The number of piperidine rings is 2. The van der Waals surface area contributed by atoms with E-state index in [9.17, 15) is 13.2 Å². The van der Waals surface area contributed by atoms with Gasteiger partial charge in [-0.3, -0.25) is 4.79 Å². The van der Waals surface area contributed by atoms with Crippen LogP contribution in [0.4, 0.5) is 0 Å². The van der Waals surface area contributed by atoms with E-state index in [2.05, 4.69) is 17.1 Å². The molecule has 2 aliphatic heterocycles. The first kappa shape index (κ1) is 21.6. The summed E-state index contributed by atoms with van der Waals surface area (Å²) in [5.74, 6) is 0.809. The third-order valence-electron chi connectivity index (χ3n) is 5.55. The predicted octanol–water partition coefficient (Wildman–Crippen LogP) is 2.07. The smallest absolute Gasteiger partial charge is 0.224 e. The van der Waals surface area contributed by atoms with Crippen LogP contribution in [0.3, 0.4) is 0 Å². The van der Waals surface area contributed by atoms with Crippen molar-refractivity contribution in [2.75, 3.05) is 45.0 Å². The van der Waals surface area contributed by atoms with E-state index in [1.54, 1.807) is 0 Å². The van der Waals surface area contributed by atoms with E-state index in [1.807, 2.05) is 6.92 Å². The van der Waals surface area contributed by atoms with Crippen LogP contribution in [0, 0.1) is 11.8 Å². The van der Waals surface area contributed by atoms with Crippen molar-refractivity contribution < 1.29 is 13.2 Å². The molecule has 2 saturated heterocycles. The SMILES string of the molecule is CCCS(=O)(=O)N1CCCC(C(=O)NCCCCN2CCCC(C)C2)C1. The lowest BCUT2D eigenvalue weighted by atomic mass is 9.99. The van der Waals surface area contributed by atoms with Gasteiger partial charge < -0.3 is 10.2 Å². The number of nitrogens with one attached hydrogen (secondary N) is 1. The minimum Gasteiger partial charge on any atom is -0.356 e. The Balaban J connectivity index is 1.64. The summed E-state index contributed by atoms with van der Waals surface area (Å²) in [6.45, 7) is 9.32. The Morgan fingerprint density at radius 3 is 2.62 bits per heavy atom. The maximum absolute atomic E-state index is 12.4. The molecular formula is C19H37N3O3S. The van der Waals surface area contributed by atoms with Gasteiger partial charge in [-0.15, -0.1) is 0 Å². The van der Waals surface area contributed by atoms with Crippen LogP contribution >= 0.6 is 0 Å². The molecule has 2 fully saturated rings. The Morgan fingerprint density at radius 2 is 1.88 bits per heavy atom. The van der Waals surface area contributed by atoms with E-state index < -0.39 is 10.0 Å². The fraction of sp³-hybridized carbons (Fsp3) is 0.947. The van der Waals surface area contributed by atoms with Crippen molar-refractivity contribution in [2.24, 2.45) is 11.8 Å². The lowest BCUT2D eigenvalue weighted by molar-refractivity contribution is -0.126. The zero-order valence-corrected chi connectivity index (χ0v) is 17.4. The van der Waals surface area contributed by atoms with E-state index in [1.165, 1.54) is 30.2 Å². The van der Waals surface area contributed by atoms with Gasteiger partial charge in [-0.2, -0.15) is 0 Å². The van der Waals surface area contributed by atoms with Gasteiger partial charge in [0.1, 0.15) is 0 Å². The van der Waals surface area contributed by atoms with Crippen LogP contribution in [-0.2, 0) is 14.8 Å². The summed E-state index contributed by atoms with van der Waals surface area (Å²) in [7, 11) is -3.20. The summed E-state index contributed by atoms with van der Waals surface area (Å²) < 4.78 is 25.9. The Morgan fingerprint density at radius 1 is 1.12 bits per heavy atom. The van der Waals surface area contributed by atoms with Gasteiger partial charge in [-0.1, -0.05) is 13.8 Å². The van der Waals surface area contributed by atoms with Crippen LogP contribution in [0.25, 0.3) is 0 Å². The van der Waals surface area contributed by atoms with Crippen LogP contribution in [0.2, 0.25) is 0 Å². The molecule has 2 atom stereocenters. The van der Waals surface area contributed by atoms with E-state index in [0.717, 1.165) is 38.1 Å². The minimum absolute atomic E-state index is 0.0213. The van der Waals surface area contributed by atoms with Gasteiger partial charge in [-0.25, -0.2) is 12.7 Å². The highest BCUT2D eigenvalue weighted by Gasteiger charge is 2.31. The number of carbonyl (C=O) groups excluding carboxylic acids is 1. The van der Waals surface area contributed by atoms with Crippen molar-refractivity contribution in [3.05, 3.63) is 0 Å². The van der Waals surface area contributed by atoms with Gasteiger partial charge in [0.05, 0.1) is 11.7 Å². The molecule has 0 spiro atoms. The van der Waals surface area contributed by atoms with Crippen molar-refractivity contribution >= 4 is 15.9 Å². The van der Waals surface area contributed by atoms with E-state index in [-0.39, 0.29) is 17.6 Å². The lowest BCUT2D eigenvalue weighted by Gasteiger charge is -2.31. The number of sulfonamides is 1. The maximum atomic E-state index is 12.4. The average molecular weight is 388 g/mol. The molecule has 1 N–H and O–H groups in total. The number of amides is 1. The van der Waals surface area contributed by atoms with Crippen molar-refractivity contribution in [2.45, 2.75) is 58.8 Å². The number of rotatable bonds is 9. The molecule has 1 amide bonds. The summed E-state index contributed by atoms with van der Waals surface area (Å²) in [5.41, 5.74) is 0. The number of carbonyl (C=O) groups is 1. The fourth-order valence-corrected chi connectivity index (χ4v) is 5.69. The highest BCUT2D eigenvalue weighted by Crippen LogP contribution is 2.20. The molecule has 6 nitrogen and oxygen atoms in total. The van der Waals surface area contributed by atoms with Gasteiger partial charge in [0, 0.05) is 26.2 Å². The van der Waals surface area contributed by atoms with Crippen LogP contribution in [0.1, 0.15) is 58.8 Å². The van der Waals surface area contributed by atoms with Gasteiger partial charge in [0.2, 0.25) is 15.9 Å². The monoisotopic (exact) mass is 387 g/mol. The largest absolute Gasteiger partial charge is 0.356 e. The Hall–Kier alpha value is -0.660. The zero-order valence-electron chi connectivity index (χ0n) is 16.6. The Bertz CT molecular complexity index is 538. The predicted molar refractivity (Wildman–Crippen MR) is 105 cm³/mol. The van der Waals surface area contributed by atoms with E-state index in [0.29, 0.717) is 26.1 Å². The van der Waals surface area contributed by atoms with Gasteiger partial charge in [-0.05, 0) is 64.0 Å². The molecule has 7 heteroatoms. The topological polar surface area (TPSA) is 69.7 Å². The van der Waals surface area contributed by atoms with Crippen molar-refractivity contribution in [1.82, 2.24) is 14.5 Å². The van der Waals surface area contributed by atoms with Crippen molar-refractivity contribution in [1.29, 1.82) is 0 Å². The molecule has 2 aliphatic rings. The van der Waals surface area contributed by atoms with E-state index in [4.69, 9.17) is 0 Å². The number of hydrogen-bond donors (Lipinski definition) is 1. The fourth-order valence-electron chi connectivity index (χ4n) is 4.10. The number of hydrogen-bond acceptors (Lipinski definition) is 4. The Labute approximate surface area is 159 Å². The number of likely N-dealkylation sites (tertiary alicyclic amines) is 1. The summed E-state index contributed by atoms with van der Waals surface area (Å²) >= 11 is 0. The molecule has 0 aliphatic carbocycles. The third-order valence-corrected chi connectivity index (χ3v) is 7.59. The van der Waals surface area contributed by atoms with Crippen molar-refractivity contribution in [3.8, 4) is 0 Å². The molecule has 2 rings (SSSR count). The minimum atomic E-state index is -3.20. The van der Waals surface area contributed by atoms with Gasteiger partial charge >= 0.3 is 0 Å². The molecule has 26 heavy (non-hydrogen) atoms. The molecule has 152 valence electrons. The average Bonchev–Trinajstić information content (AvgIpc) is 2.61. The van der Waals surface area contributed by atoms with E-state index >= 15 is 0 Å². The van der Waals surface area contributed by atoms with Crippen LogP contribution in [-0.4, -0.2) is 68.6 Å². The molecule has 0 aromatic rings. The van der Waals surface area contributed by atoms with Crippen molar-refractivity contribution in [3.63, 3.8) is 0 Å². The molecule has 0 aromatic heterocycles. The summed E-state index contributed by atoms with van der Waals surface area (Å²) in [5, 5.41) is 3.02. The standard InChI is InChI=1S/C19H37N3O3S/c1-3-14-26(24,25)22-13-7-9-18(16-22)19(23)20-10-4-5-11-21-12-6-8-17(2)15-21/h17-18H,3-16H2,1-2H3,(H,20,23). The summed E-state index contributed by atoms with van der Waals surface area (Å²) in [4.78, 5) is 14.9. The molecule has 0 radical (unpaired) electrons. The second-order valence-electron chi connectivity index (χ2n) is 8.06. The number of nitrogens with zero attached hydrogens (tertiary/aromatic N) is 2. The summed E-state index contributed by atoms with van der Waals surface area (Å²) in [6.07, 6.45) is 6.92. The molecule has 2 unspecified atom stereocenters. The first-order valence-corrected chi connectivity index (χ1v) is 12.0. The van der Waals surface area contributed by atoms with Crippen LogP contribution in [0.5, 0.6) is 0 Å². The molecular weight excluding hydrogens is 350 g/mol. The zero-order chi connectivity index (χ0) is 19.0. The highest BCUT2D eigenvalue weighted by molar-refractivity contribution is 7.89. The highest BCUT2D eigenvalue weighted by atomic mass is 32.2. The lowest BCUT2D eigenvalue weighted by Crippen LogP contribution is -2.46. The number of unbranched alkanes of at least 4 members (excludes halogenated alkanes) is 1.